The van der Waals surface area contributed by atoms with Gasteiger partial charge in [0, 0.05) is 12.6 Å². The minimum Gasteiger partial charge on any atom is -0.445 e. The largest absolute Gasteiger partial charge is 0.445 e. The van der Waals surface area contributed by atoms with E-state index in [1.165, 1.54) is 6.08 Å². The zero-order valence-corrected chi connectivity index (χ0v) is 10.2. The zero-order valence-electron chi connectivity index (χ0n) is 9.36. The number of ether oxygens (including phenoxy) is 1. The smallest absolute Gasteiger partial charge is 0.407 e. The van der Waals surface area contributed by atoms with Crippen LogP contribution in [0.15, 0.2) is 12.7 Å². The van der Waals surface area contributed by atoms with E-state index in [1.807, 2.05) is 0 Å². The van der Waals surface area contributed by atoms with Crippen LogP contribution in [0.25, 0.3) is 0 Å². The van der Waals surface area contributed by atoms with Gasteiger partial charge in [0.05, 0.1) is 0 Å². The van der Waals surface area contributed by atoms with Crippen LogP contribution < -0.4 is 11.1 Å². The topological polar surface area (TPSA) is 64.3 Å². The molecule has 0 spiro atoms. The molecule has 15 heavy (non-hydrogen) atoms. The van der Waals surface area contributed by atoms with Crippen LogP contribution in [0.3, 0.4) is 0 Å². The lowest BCUT2D eigenvalue weighted by atomic mass is 10.0. The van der Waals surface area contributed by atoms with Crippen molar-refractivity contribution in [2.45, 2.75) is 26.3 Å². The van der Waals surface area contributed by atoms with E-state index in [0.717, 1.165) is 6.42 Å². The van der Waals surface area contributed by atoms with E-state index in [4.69, 9.17) is 10.5 Å². The molecule has 4 nitrogen and oxygen atoms in total. The first kappa shape index (κ1) is 16.7. The number of carbonyl (C=O) groups excluding carboxylic acids is 1. The Balaban J connectivity index is 0. The standard InChI is InChI=1S/C10H20N2O2.ClH/c1-4-6-14-10(13)12-7-9(11)8(3)5-2;/h4,8-9H,1,5-7,11H2,2-3H3,(H,12,13);1H/t8-,9+;/m0./s1. The van der Waals surface area contributed by atoms with Gasteiger partial charge in [0.1, 0.15) is 6.61 Å². The van der Waals surface area contributed by atoms with Gasteiger partial charge in [-0.15, -0.1) is 12.4 Å². The van der Waals surface area contributed by atoms with Crippen molar-refractivity contribution >= 4 is 18.5 Å². The second-order valence-corrected chi connectivity index (χ2v) is 3.32. The molecule has 90 valence electrons. The lowest BCUT2D eigenvalue weighted by Crippen LogP contribution is -2.41. The number of amides is 1. The third kappa shape index (κ3) is 8.27. The molecule has 0 unspecified atom stereocenters. The monoisotopic (exact) mass is 236 g/mol. The molecule has 1 amide bonds. The molecule has 0 bridgehead atoms. The van der Waals surface area contributed by atoms with Crippen molar-refractivity contribution in [1.82, 2.24) is 5.32 Å². The summed E-state index contributed by atoms with van der Waals surface area (Å²) < 4.78 is 4.73. The molecule has 0 saturated carbocycles. The summed E-state index contributed by atoms with van der Waals surface area (Å²) in [5.74, 6) is 0.398. The number of rotatable bonds is 6. The SMILES string of the molecule is C=CCOC(=O)NC[C@@H](N)[C@@H](C)CC.Cl. The molecule has 0 aliphatic rings. The Kier molecular flexibility index (Phi) is 10.9. The van der Waals surface area contributed by atoms with Crippen molar-refractivity contribution in [3.8, 4) is 0 Å². The fourth-order valence-electron chi connectivity index (χ4n) is 0.891. The minimum absolute atomic E-state index is 0. The van der Waals surface area contributed by atoms with Crippen LogP contribution in [-0.2, 0) is 4.74 Å². The Labute approximate surface area is 97.7 Å². The van der Waals surface area contributed by atoms with Crippen LogP contribution in [0.2, 0.25) is 0 Å². The fraction of sp³-hybridized carbons (Fsp3) is 0.700. The number of alkyl carbamates (subject to hydrolysis) is 1. The van der Waals surface area contributed by atoms with Crippen molar-refractivity contribution in [3.05, 3.63) is 12.7 Å². The van der Waals surface area contributed by atoms with Crippen LogP contribution in [0.4, 0.5) is 4.79 Å². The summed E-state index contributed by atoms with van der Waals surface area (Å²) in [5, 5.41) is 2.60. The Hall–Kier alpha value is -0.740. The third-order valence-electron chi connectivity index (χ3n) is 2.19. The highest BCUT2D eigenvalue weighted by atomic mass is 35.5. The van der Waals surface area contributed by atoms with Crippen LogP contribution >= 0.6 is 12.4 Å². The van der Waals surface area contributed by atoms with Crippen molar-refractivity contribution < 1.29 is 9.53 Å². The van der Waals surface area contributed by atoms with Gasteiger partial charge in [-0.1, -0.05) is 32.9 Å². The highest BCUT2D eigenvalue weighted by Gasteiger charge is 2.11. The Bertz CT molecular complexity index is 188. The van der Waals surface area contributed by atoms with Crippen molar-refractivity contribution in [3.63, 3.8) is 0 Å². The zero-order chi connectivity index (χ0) is 11.0. The Morgan fingerprint density at radius 2 is 2.27 bits per heavy atom. The van der Waals surface area contributed by atoms with Gasteiger partial charge in [-0.05, 0) is 5.92 Å². The van der Waals surface area contributed by atoms with Gasteiger partial charge in [-0.2, -0.15) is 0 Å². The van der Waals surface area contributed by atoms with E-state index in [2.05, 4.69) is 25.7 Å². The second-order valence-electron chi connectivity index (χ2n) is 3.32. The number of carbonyl (C=O) groups is 1. The third-order valence-corrected chi connectivity index (χ3v) is 2.19. The molecule has 0 aromatic carbocycles. The molecule has 0 aromatic rings. The average Bonchev–Trinajstić information content (AvgIpc) is 2.21. The van der Waals surface area contributed by atoms with Crippen LogP contribution in [0.5, 0.6) is 0 Å². The van der Waals surface area contributed by atoms with Gasteiger partial charge in [-0.3, -0.25) is 0 Å². The molecule has 0 radical (unpaired) electrons. The maximum absolute atomic E-state index is 11.0. The predicted molar refractivity (Wildman–Crippen MR) is 64.2 cm³/mol. The lowest BCUT2D eigenvalue weighted by molar-refractivity contribution is 0.157. The quantitative estimate of drug-likeness (QED) is 0.690. The molecule has 0 aliphatic carbocycles. The lowest BCUT2D eigenvalue weighted by Gasteiger charge is -2.18. The number of hydrogen-bond donors (Lipinski definition) is 2. The van der Waals surface area contributed by atoms with E-state index in [9.17, 15) is 4.79 Å². The summed E-state index contributed by atoms with van der Waals surface area (Å²) in [5.41, 5.74) is 5.81. The second kappa shape index (κ2) is 9.80. The van der Waals surface area contributed by atoms with Gasteiger partial charge < -0.3 is 15.8 Å². The van der Waals surface area contributed by atoms with Gasteiger partial charge in [-0.25, -0.2) is 4.79 Å². The summed E-state index contributed by atoms with van der Waals surface area (Å²) in [4.78, 5) is 11.0. The Morgan fingerprint density at radius 3 is 2.73 bits per heavy atom. The van der Waals surface area contributed by atoms with E-state index in [1.54, 1.807) is 0 Å². The number of nitrogens with one attached hydrogen (secondary N) is 1. The van der Waals surface area contributed by atoms with Crippen LogP contribution in [0.1, 0.15) is 20.3 Å². The number of halogens is 1. The molecule has 0 fully saturated rings. The summed E-state index contributed by atoms with van der Waals surface area (Å²) >= 11 is 0. The van der Waals surface area contributed by atoms with Crippen LogP contribution in [0, 0.1) is 5.92 Å². The van der Waals surface area contributed by atoms with E-state index in [0.29, 0.717) is 12.5 Å². The van der Waals surface area contributed by atoms with Crippen molar-refractivity contribution in [2.75, 3.05) is 13.2 Å². The van der Waals surface area contributed by atoms with Gasteiger partial charge >= 0.3 is 6.09 Å². The summed E-state index contributed by atoms with van der Waals surface area (Å²) in [6.45, 7) is 8.24. The van der Waals surface area contributed by atoms with E-state index < -0.39 is 6.09 Å². The maximum atomic E-state index is 11.0. The number of hydrogen-bond acceptors (Lipinski definition) is 3. The van der Waals surface area contributed by atoms with Crippen molar-refractivity contribution in [1.29, 1.82) is 0 Å². The minimum atomic E-state index is -0.441. The molecule has 2 atom stereocenters. The molecular weight excluding hydrogens is 216 g/mol. The van der Waals surface area contributed by atoms with E-state index >= 15 is 0 Å². The first-order valence-electron chi connectivity index (χ1n) is 4.88. The Morgan fingerprint density at radius 1 is 1.67 bits per heavy atom. The average molecular weight is 237 g/mol. The first-order valence-corrected chi connectivity index (χ1v) is 4.88. The van der Waals surface area contributed by atoms with E-state index in [-0.39, 0.29) is 25.1 Å². The summed E-state index contributed by atoms with van der Waals surface area (Å²) in [6, 6.07) is -0.0173. The van der Waals surface area contributed by atoms with Gasteiger partial charge in [0.2, 0.25) is 0 Å². The normalized spacial score (nSPS) is 13.3. The van der Waals surface area contributed by atoms with Gasteiger partial charge in [0.25, 0.3) is 0 Å². The summed E-state index contributed by atoms with van der Waals surface area (Å²) in [6.07, 6.45) is 2.09. The molecule has 5 heteroatoms. The predicted octanol–water partition coefficient (Wildman–Crippen LogP) is 1.69. The summed E-state index contributed by atoms with van der Waals surface area (Å²) in [7, 11) is 0. The first-order chi connectivity index (χ1) is 6.61. The number of nitrogens with two attached hydrogens (primary N) is 1. The maximum Gasteiger partial charge on any atom is 0.407 e. The molecule has 3 N–H and O–H groups in total. The van der Waals surface area contributed by atoms with Crippen LogP contribution in [-0.4, -0.2) is 25.3 Å². The highest BCUT2D eigenvalue weighted by Crippen LogP contribution is 2.03. The van der Waals surface area contributed by atoms with Crippen molar-refractivity contribution in [2.24, 2.45) is 11.7 Å². The highest BCUT2D eigenvalue weighted by molar-refractivity contribution is 5.85. The molecule has 0 heterocycles. The fourth-order valence-corrected chi connectivity index (χ4v) is 0.891. The molecule has 0 rings (SSSR count). The molecule has 0 aromatic heterocycles. The van der Waals surface area contributed by atoms with Gasteiger partial charge in [0.15, 0.2) is 0 Å². The molecule has 0 saturated heterocycles. The molecular formula is C10H21ClN2O2. The molecule has 0 aliphatic heterocycles.